The number of carbonyl (C=O) groups is 1. The molecule has 0 saturated heterocycles. The molecule has 0 radical (unpaired) electrons. The molecule has 0 saturated carbocycles. The Morgan fingerprint density at radius 2 is 2.00 bits per heavy atom. The lowest BCUT2D eigenvalue weighted by molar-refractivity contribution is -0.113. The molecule has 6 heteroatoms. The van der Waals surface area contributed by atoms with Crippen LogP contribution in [0.3, 0.4) is 0 Å². The Labute approximate surface area is 138 Å². The summed E-state index contributed by atoms with van der Waals surface area (Å²) in [5.41, 5.74) is 2.56. The summed E-state index contributed by atoms with van der Waals surface area (Å²) < 4.78 is 29.0. The standard InChI is InChI=1S/C17H17F2NO2S/c1-12-5-4-6-13(9-12)10-23-11-16(21)20-14-7-2-3-8-15(14)22-17(18)19/h2-9,17H,10-11H2,1H3,(H,20,21). The van der Waals surface area contributed by atoms with Gasteiger partial charge in [0.15, 0.2) is 0 Å². The van der Waals surface area contributed by atoms with Gasteiger partial charge in [0.05, 0.1) is 11.4 Å². The third kappa shape index (κ3) is 5.90. The number of aryl methyl sites for hydroxylation is 1. The van der Waals surface area contributed by atoms with E-state index in [9.17, 15) is 13.6 Å². The molecule has 0 aromatic heterocycles. The second-order valence-electron chi connectivity index (χ2n) is 4.90. The highest BCUT2D eigenvalue weighted by molar-refractivity contribution is 7.99. The molecular formula is C17H17F2NO2S. The van der Waals surface area contributed by atoms with E-state index in [1.54, 1.807) is 12.1 Å². The van der Waals surface area contributed by atoms with Gasteiger partial charge in [-0.3, -0.25) is 4.79 Å². The summed E-state index contributed by atoms with van der Waals surface area (Å²) in [7, 11) is 0. The van der Waals surface area contributed by atoms with Crippen molar-refractivity contribution in [2.24, 2.45) is 0 Å². The Bertz CT molecular complexity index is 665. The Kier molecular flexibility index (Phi) is 6.40. The monoisotopic (exact) mass is 337 g/mol. The van der Waals surface area contributed by atoms with Crippen LogP contribution in [0.15, 0.2) is 48.5 Å². The number of ether oxygens (including phenoxy) is 1. The van der Waals surface area contributed by atoms with E-state index in [1.807, 2.05) is 25.1 Å². The van der Waals surface area contributed by atoms with Crippen molar-refractivity contribution in [1.29, 1.82) is 0 Å². The van der Waals surface area contributed by atoms with Crippen molar-refractivity contribution in [1.82, 2.24) is 0 Å². The number of anilines is 1. The molecule has 2 aromatic carbocycles. The first kappa shape index (κ1) is 17.3. The largest absolute Gasteiger partial charge is 0.433 e. The van der Waals surface area contributed by atoms with E-state index in [4.69, 9.17) is 0 Å². The van der Waals surface area contributed by atoms with Crippen molar-refractivity contribution in [2.45, 2.75) is 19.3 Å². The molecule has 2 rings (SSSR count). The fraction of sp³-hybridized carbons (Fsp3) is 0.235. The summed E-state index contributed by atoms with van der Waals surface area (Å²) >= 11 is 1.46. The predicted molar refractivity (Wildman–Crippen MR) is 89.0 cm³/mol. The molecule has 23 heavy (non-hydrogen) atoms. The zero-order chi connectivity index (χ0) is 16.7. The summed E-state index contributed by atoms with van der Waals surface area (Å²) in [4.78, 5) is 11.9. The summed E-state index contributed by atoms with van der Waals surface area (Å²) in [6.07, 6.45) is 0. The van der Waals surface area contributed by atoms with E-state index < -0.39 is 6.61 Å². The van der Waals surface area contributed by atoms with Gasteiger partial charge in [0.1, 0.15) is 5.75 Å². The minimum Gasteiger partial charge on any atom is -0.433 e. The molecule has 0 heterocycles. The number of amides is 1. The maximum Gasteiger partial charge on any atom is 0.387 e. The number of rotatable bonds is 7. The van der Waals surface area contributed by atoms with Gasteiger partial charge in [-0.15, -0.1) is 11.8 Å². The number of halogens is 2. The van der Waals surface area contributed by atoms with Gasteiger partial charge in [-0.25, -0.2) is 0 Å². The van der Waals surface area contributed by atoms with E-state index in [0.717, 1.165) is 5.56 Å². The van der Waals surface area contributed by atoms with Crippen molar-refractivity contribution >= 4 is 23.4 Å². The van der Waals surface area contributed by atoms with Crippen molar-refractivity contribution in [2.75, 3.05) is 11.1 Å². The van der Waals surface area contributed by atoms with Gasteiger partial charge in [-0.05, 0) is 24.6 Å². The molecule has 0 aliphatic heterocycles. The normalized spacial score (nSPS) is 10.6. The van der Waals surface area contributed by atoms with Gasteiger partial charge in [0.25, 0.3) is 0 Å². The first-order valence-electron chi connectivity index (χ1n) is 7.01. The van der Waals surface area contributed by atoms with Gasteiger partial charge in [0, 0.05) is 5.75 Å². The molecule has 122 valence electrons. The van der Waals surface area contributed by atoms with Crippen LogP contribution in [0.4, 0.5) is 14.5 Å². The first-order chi connectivity index (χ1) is 11.0. The quantitative estimate of drug-likeness (QED) is 0.810. The molecule has 0 atom stereocenters. The number of benzene rings is 2. The number of nitrogens with one attached hydrogen (secondary N) is 1. The van der Waals surface area contributed by atoms with Gasteiger partial charge >= 0.3 is 6.61 Å². The predicted octanol–water partition coefficient (Wildman–Crippen LogP) is 4.47. The van der Waals surface area contributed by atoms with Crippen LogP contribution in [0.1, 0.15) is 11.1 Å². The van der Waals surface area contributed by atoms with Crippen molar-refractivity contribution in [3.05, 3.63) is 59.7 Å². The third-order valence-corrected chi connectivity index (χ3v) is 3.97. The lowest BCUT2D eigenvalue weighted by Crippen LogP contribution is -2.15. The maximum atomic E-state index is 12.3. The molecule has 0 spiro atoms. The van der Waals surface area contributed by atoms with E-state index in [1.165, 1.54) is 29.5 Å². The Morgan fingerprint density at radius 3 is 2.74 bits per heavy atom. The zero-order valence-electron chi connectivity index (χ0n) is 12.6. The van der Waals surface area contributed by atoms with Crippen LogP contribution in [0.2, 0.25) is 0 Å². The molecule has 0 bridgehead atoms. The minimum atomic E-state index is -2.93. The number of hydrogen-bond donors (Lipinski definition) is 1. The van der Waals surface area contributed by atoms with Crippen LogP contribution in [-0.2, 0) is 10.5 Å². The van der Waals surface area contributed by atoms with Gasteiger partial charge < -0.3 is 10.1 Å². The highest BCUT2D eigenvalue weighted by Crippen LogP contribution is 2.25. The average molecular weight is 337 g/mol. The lowest BCUT2D eigenvalue weighted by atomic mass is 10.2. The van der Waals surface area contributed by atoms with Crippen LogP contribution in [-0.4, -0.2) is 18.3 Å². The zero-order valence-corrected chi connectivity index (χ0v) is 13.4. The molecule has 3 nitrogen and oxygen atoms in total. The van der Waals surface area contributed by atoms with Crippen molar-refractivity contribution < 1.29 is 18.3 Å². The average Bonchev–Trinajstić information content (AvgIpc) is 2.49. The highest BCUT2D eigenvalue weighted by Gasteiger charge is 2.11. The fourth-order valence-electron chi connectivity index (χ4n) is 2.02. The summed E-state index contributed by atoms with van der Waals surface area (Å²) in [6, 6.07) is 14.2. The molecule has 0 aliphatic rings. The number of thioether (sulfide) groups is 1. The topological polar surface area (TPSA) is 38.3 Å². The van der Waals surface area contributed by atoms with E-state index in [2.05, 4.69) is 16.1 Å². The van der Waals surface area contributed by atoms with E-state index in [-0.39, 0.29) is 23.1 Å². The summed E-state index contributed by atoms with van der Waals surface area (Å²) in [5, 5.41) is 2.60. The molecule has 0 aliphatic carbocycles. The Balaban J connectivity index is 1.85. The van der Waals surface area contributed by atoms with Crippen LogP contribution >= 0.6 is 11.8 Å². The van der Waals surface area contributed by atoms with Crippen molar-refractivity contribution in [3.63, 3.8) is 0 Å². The minimum absolute atomic E-state index is 0.0421. The highest BCUT2D eigenvalue weighted by atomic mass is 32.2. The second kappa shape index (κ2) is 8.53. The van der Waals surface area contributed by atoms with E-state index >= 15 is 0 Å². The molecule has 2 aromatic rings. The molecule has 1 N–H and O–H groups in total. The maximum absolute atomic E-state index is 12.3. The van der Waals surface area contributed by atoms with Crippen LogP contribution in [0, 0.1) is 6.92 Å². The number of alkyl halides is 2. The van der Waals surface area contributed by atoms with Crippen molar-refractivity contribution in [3.8, 4) is 5.75 Å². The fourth-order valence-corrected chi connectivity index (χ4v) is 2.79. The number of para-hydroxylation sites is 2. The first-order valence-corrected chi connectivity index (χ1v) is 8.17. The second-order valence-corrected chi connectivity index (χ2v) is 5.89. The van der Waals surface area contributed by atoms with E-state index in [0.29, 0.717) is 5.75 Å². The van der Waals surface area contributed by atoms with Crippen LogP contribution in [0.5, 0.6) is 5.75 Å². The lowest BCUT2D eigenvalue weighted by Gasteiger charge is -2.11. The van der Waals surface area contributed by atoms with Gasteiger partial charge in [-0.2, -0.15) is 8.78 Å². The smallest absolute Gasteiger partial charge is 0.387 e. The molecule has 0 fully saturated rings. The summed E-state index contributed by atoms with van der Waals surface area (Å²) in [5.74, 6) is 0.647. The Hall–Kier alpha value is -2.08. The SMILES string of the molecule is Cc1cccc(CSCC(=O)Nc2ccccc2OC(F)F)c1. The van der Waals surface area contributed by atoms with Crippen LogP contribution in [0.25, 0.3) is 0 Å². The molecular weight excluding hydrogens is 320 g/mol. The number of carbonyl (C=O) groups excluding carboxylic acids is 1. The van der Waals surface area contributed by atoms with Gasteiger partial charge in [-0.1, -0.05) is 42.0 Å². The third-order valence-electron chi connectivity index (χ3n) is 2.96. The number of hydrogen-bond acceptors (Lipinski definition) is 3. The summed E-state index contributed by atoms with van der Waals surface area (Å²) in [6.45, 7) is -0.912. The Morgan fingerprint density at radius 1 is 1.22 bits per heavy atom. The molecule has 0 unspecified atom stereocenters. The van der Waals surface area contributed by atoms with Gasteiger partial charge in [0.2, 0.25) is 5.91 Å². The van der Waals surface area contributed by atoms with Crippen LogP contribution < -0.4 is 10.1 Å². The molecule has 1 amide bonds.